The highest BCUT2D eigenvalue weighted by atomic mass is 35.5. The van der Waals surface area contributed by atoms with Crippen LogP contribution in [0, 0.1) is 0 Å². The Labute approximate surface area is 131 Å². The number of hydrogen-bond acceptors (Lipinski definition) is 7. The summed E-state index contributed by atoms with van der Waals surface area (Å²) in [5.74, 6) is 0.385. The van der Waals surface area contributed by atoms with Gasteiger partial charge in [0.25, 0.3) is 10.0 Å². The average molecular weight is 350 g/mol. The lowest BCUT2D eigenvalue weighted by molar-refractivity contribution is 0.144. The van der Waals surface area contributed by atoms with E-state index in [2.05, 4.69) is 14.7 Å². The number of ether oxygens (including phenoxy) is 2. The standard InChI is InChI=1S/C11H12ClN3O4S2/c1-18-4-5-19-9-3-2-8(6-13-9)15-21(16,17)10-7-14-11(12)20-10/h2-3,6-7,15H,4-5H2,1H3. The third kappa shape index (κ3) is 4.53. The molecule has 2 aromatic rings. The van der Waals surface area contributed by atoms with E-state index >= 15 is 0 Å². The van der Waals surface area contributed by atoms with Crippen LogP contribution in [0.15, 0.2) is 28.7 Å². The number of rotatable bonds is 7. The Morgan fingerprint density at radius 1 is 1.29 bits per heavy atom. The molecule has 0 spiro atoms. The molecule has 21 heavy (non-hydrogen) atoms. The zero-order valence-corrected chi connectivity index (χ0v) is 13.3. The van der Waals surface area contributed by atoms with Crippen molar-refractivity contribution in [1.82, 2.24) is 9.97 Å². The molecular formula is C11H12ClN3O4S2. The number of methoxy groups -OCH3 is 1. The third-order valence-corrected chi connectivity index (χ3v) is 5.20. The molecule has 0 aliphatic rings. The molecule has 0 saturated carbocycles. The maximum atomic E-state index is 12.0. The highest BCUT2D eigenvalue weighted by Crippen LogP contribution is 2.24. The number of thiazole rings is 1. The van der Waals surface area contributed by atoms with Crippen molar-refractivity contribution in [1.29, 1.82) is 0 Å². The van der Waals surface area contributed by atoms with Crippen molar-refractivity contribution in [3.8, 4) is 5.88 Å². The number of nitrogens with zero attached hydrogens (tertiary/aromatic N) is 2. The minimum atomic E-state index is -3.71. The first kappa shape index (κ1) is 16.0. The lowest BCUT2D eigenvalue weighted by atomic mass is 10.4. The fourth-order valence-electron chi connectivity index (χ4n) is 1.32. The molecule has 0 saturated heterocycles. The topological polar surface area (TPSA) is 90.4 Å². The van der Waals surface area contributed by atoms with Crippen LogP contribution in [-0.4, -0.2) is 38.7 Å². The summed E-state index contributed by atoms with van der Waals surface area (Å²) in [4.78, 5) is 7.69. The van der Waals surface area contributed by atoms with Crippen LogP contribution in [0.4, 0.5) is 5.69 Å². The number of halogens is 1. The van der Waals surface area contributed by atoms with Crippen LogP contribution in [0.5, 0.6) is 5.88 Å². The van der Waals surface area contributed by atoms with E-state index in [4.69, 9.17) is 21.1 Å². The first-order chi connectivity index (χ1) is 10.0. The molecule has 0 aliphatic heterocycles. The molecule has 7 nitrogen and oxygen atoms in total. The van der Waals surface area contributed by atoms with Gasteiger partial charge in [0.2, 0.25) is 5.88 Å². The van der Waals surface area contributed by atoms with E-state index in [0.717, 1.165) is 11.3 Å². The number of nitrogens with one attached hydrogen (secondary N) is 1. The van der Waals surface area contributed by atoms with Crippen molar-refractivity contribution in [2.24, 2.45) is 0 Å². The van der Waals surface area contributed by atoms with Crippen LogP contribution < -0.4 is 9.46 Å². The molecule has 0 aliphatic carbocycles. The van der Waals surface area contributed by atoms with Crippen molar-refractivity contribution in [3.63, 3.8) is 0 Å². The number of anilines is 1. The molecule has 0 unspecified atom stereocenters. The second-order valence-electron chi connectivity index (χ2n) is 3.76. The normalized spacial score (nSPS) is 11.3. The Morgan fingerprint density at radius 3 is 2.67 bits per heavy atom. The Bertz CT molecular complexity index is 688. The maximum absolute atomic E-state index is 12.0. The van der Waals surface area contributed by atoms with E-state index in [-0.39, 0.29) is 8.68 Å². The van der Waals surface area contributed by atoms with Crippen molar-refractivity contribution >= 4 is 38.6 Å². The van der Waals surface area contributed by atoms with Crippen LogP contribution in [0.25, 0.3) is 0 Å². The monoisotopic (exact) mass is 349 g/mol. The zero-order valence-electron chi connectivity index (χ0n) is 10.9. The van der Waals surface area contributed by atoms with E-state index in [1.165, 1.54) is 12.4 Å². The number of hydrogen-bond donors (Lipinski definition) is 1. The molecule has 0 aromatic carbocycles. The predicted octanol–water partition coefficient (Wildman–Crippen LogP) is 2.02. The third-order valence-electron chi connectivity index (χ3n) is 2.25. The van der Waals surface area contributed by atoms with Gasteiger partial charge in [-0.2, -0.15) is 0 Å². The number of pyridine rings is 1. The second kappa shape index (κ2) is 7.03. The van der Waals surface area contributed by atoms with Crippen LogP contribution in [0.1, 0.15) is 0 Å². The van der Waals surface area contributed by atoms with Crippen molar-refractivity contribution < 1.29 is 17.9 Å². The van der Waals surface area contributed by atoms with Gasteiger partial charge in [0.05, 0.1) is 24.7 Å². The number of sulfonamides is 1. The molecule has 0 radical (unpaired) electrons. The Hall–Kier alpha value is -1.42. The SMILES string of the molecule is COCCOc1ccc(NS(=O)(=O)c2cnc(Cl)s2)cn1. The van der Waals surface area contributed by atoms with Gasteiger partial charge in [0.15, 0.2) is 8.68 Å². The highest BCUT2D eigenvalue weighted by Gasteiger charge is 2.17. The van der Waals surface area contributed by atoms with Gasteiger partial charge in [0, 0.05) is 13.2 Å². The minimum Gasteiger partial charge on any atom is -0.475 e. The maximum Gasteiger partial charge on any atom is 0.273 e. The molecule has 0 amide bonds. The van der Waals surface area contributed by atoms with E-state index in [9.17, 15) is 8.42 Å². The summed E-state index contributed by atoms with van der Waals surface area (Å²) in [5.41, 5.74) is 0.318. The van der Waals surface area contributed by atoms with E-state index < -0.39 is 10.0 Å². The molecule has 0 fully saturated rings. The Balaban J connectivity index is 2.03. The fraction of sp³-hybridized carbons (Fsp3) is 0.273. The van der Waals surface area contributed by atoms with Gasteiger partial charge < -0.3 is 9.47 Å². The van der Waals surface area contributed by atoms with Crippen molar-refractivity contribution in [3.05, 3.63) is 29.0 Å². The van der Waals surface area contributed by atoms with Gasteiger partial charge >= 0.3 is 0 Å². The molecule has 2 heterocycles. The highest BCUT2D eigenvalue weighted by molar-refractivity contribution is 7.94. The lowest BCUT2D eigenvalue weighted by Crippen LogP contribution is -2.12. The zero-order chi connectivity index (χ0) is 15.3. The molecule has 2 rings (SSSR count). The van der Waals surface area contributed by atoms with Gasteiger partial charge in [0.1, 0.15) is 6.61 Å². The van der Waals surface area contributed by atoms with Crippen LogP contribution in [0.3, 0.4) is 0 Å². The summed E-state index contributed by atoms with van der Waals surface area (Å²) in [6.07, 6.45) is 2.56. The lowest BCUT2D eigenvalue weighted by Gasteiger charge is -2.07. The Kier molecular flexibility index (Phi) is 5.34. The molecule has 114 valence electrons. The summed E-state index contributed by atoms with van der Waals surface area (Å²) in [6.45, 7) is 0.816. The van der Waals surface area contributed by atoms with E-state index in [1.54, 1.807) is 19.2 Å². The van der Waals surface area contributed by atoms with E-state index in [0.29, 0.717) is 24.8 Å². The van der Waals surface area contributed by atoms with Crippen LogP contribution >= 0.6 is 22.9 Å². The number of aromatic nitrogens is 2. The predicted molar refractivity (Wildman–Crippen MR) is 79.5 cm³/mol. The largest absolute Gasteiger partial charge is 0.475 e. The summed E-state index contributed by atoms with van der Waals surface area (Å²) in [5, 5.41) is 0. The summed E-state index contributed by atoms with van der Waals surface area (Å²) in [6, 6.07) is 3.11. The van der Waals surface area contributed by atoms with Crippen molar-refractivity contribution in [2.45, 2.75) is 4.21 Å². The Morgan fingerprint density at radius 2 is 2.10 bits per heavy atom. The van der Waals surface area contributed by atoms with Crippen LogP contribution in [-0.2, 0) is 14.8 Å². The second-order valence-corrected chi connectivity index (χ2v) is 7.29. The van der Waals surface area contributed by atoms with Crippen molar-refractivity contribution in [2.75, 3.05) is 25.0 Å². The average Bonchev–Trinajstić information content (AvgIpc) is 2.88. The minimum absolute atomic E-state index is 0.0351. The first-order valence-electron chi connectivity index (χ1n) is 5.73. The van der Waals surface area contributed by atoms with Crippen LogP contribution in [0.2, 0.25) is 4.47 Å². The quantitative estimate of drug-likeness (QED) is 0.769. The van der Waals surface area contributed by atoms with Gasteiger partial charge in [-0.1, -0.05) is 22.9 Å². The van der Waals surface area contributed by atoms with Gasteiger partial charge in [-0.25, -0.2) is 18.4 Å². The molecule has 10 heteroatoms. The first-order valence-corrected chi connectivity index (χ1v) is 8.41. The summed E-state index contributed by atoms with van der Waals surface area (Å²) in [7, 11) is -2.14. The van der Waals surface area contributed by atoms with Gasteiger partial charge in [-0.05, 0) is 6.07 Å². The summed E-state index contributed by atoms with van der Waals surface area (Å²) < 4.78 is 36.8. The molecule has 0 atom stereocenters. The van der Waals surface area contributed by atoms with E-state index in [1.807, 2.05) is 0 Å². The molecule has 0 bridgehead atoms. The molecule has 1 N–H and O–H groups in total. The summed E-state index contributed by atoms with van der Waals surface area (Å²) >= 11 is 6.50. The van der Waals surface area contributed by atoms with Gasteiger partial charge in [-0.3, -0.25) is 4.72 Å². The molecule has 2 aromatic heterocycles. The fourth-order valence-corrected chi connectivity index (χ4v) is 3.66. The smallest absolute Gasteiger partial charge is 0.273 e. The molecular weight excluding hydrogens is 338 g/mol. The van der Waals surface area contributed by atoms with Gasteiger partial charge in [-0.15, -0.1) is 0 Å².